The van der Waals surface area contributed by atoms with Crippen LogP contribution < -0.4 is 4.90 Å². The van der Waals surface area contributed by atoms with Gasteiger partial charge in [-0.2, -0.15) is 0 Å². The second-order valence-electron chi connectivity index (χ2n) is 4.00. The molecule has 0 N–H and O–H groups in total. The van der Waals surface area contributed by atoms with Crippen molar-refractivity contribution in [1.29, 1.82) is 0 Å². The third-order valence-corrected chi connectivity index (χ3v) is 3.39. The Hall–Kier alpha value is -2.28. The van der Waals surface area contributed by atoms with E-state index in [1.165, 1.54) is 23.1 Å². The topological polar surface area (TPSA) is 76.3 Å². The fraction of sp³-hybridized carbons (Fsp3) is 0.0769. The minimum atomic E-state index is -0.510. The number of carbonyl (C=O) groups excluding carboxylic acids is 1. The number of amides is 1. The van der Waals surface area contributed by atoms with Crippen LogP contribution in [0.15, 0.2) is 47.2 Å². The van der Waals surface area contributed by atoms with Crippen LogP contribution in [-0.2, 0) is 0 Å². The van der Waals surface area contributed by atoms with Gasteiger partial charge in [-0.25, -0.2) is 0 Å². The van der Waals surface area contributed by atoms with Gasteiger partial charge in [0.15, 0.2) is 0 Å². The first-order valence-electron chi connectivity index (χ1n) is 5.62. The van der Waals surface area contributed by atoms with Gasteiger partial charge in [-0.3, -0.25) is 19.9 Å². The second kappa shape index (κ2) is 5.79. The Morgan fingerprint density at radius 3 is 2.70 bits per heavy atom. The van der Waals surface area contributed by atoms with Gasteiger partial charge in [0.2, 0.25) is 0 Å². The van der Waals surface area contributed by atoms with Gasteiger partial charge in [0.05, 0.1) is 22.4 Å². The number of anilines is 1. The van der Waals surface area contributed by atoms with Gasteiger partial charge >= 0.3 is 0 Å². The third-order valence-electron chi connectivity index (χ3n) is 2.73. The molecule has 0 fully saturated rings. The predicted octanol–water partition coefficient (Wildman–Crippen LogP) is 3.03. The summed E-state index contributed by atoms with van der Waals surface area (Å²) in [5.74, 6) is -0.278. The fourth-order valence-corrected chi connectivity index (χ4v) is 2.18. The van der Waals surface area contributed by atoms with Gasteiger partial charge < -0.3 is 4.90 Å². The molecule has 2 rings (SSSR count). The average Bonchev–Trinajstić information content (AvgIpc) is 2.46. The molecule has 1 amide bonds. The summed E-state index contributed by atoms with van der Waals surface area (Å²) in [6, 6.07) is 7.52. The summed E-state index contributed by atoms with van der Waals surface area (Å²) >= 11 is 3.19. The first-order valence-corrected chi connectivity index (χ1v) is 6.42. The highest BCUT2D eigenvalue weighted by Gasteiger charge is 2.18. The molecule has 20 heavy (non-hydrogen) atoms. The lowest BCUT2D eigenvalue weighted by molar-refractivity contribution is -0.384. The maximum atomic E-state index is 12.3. The number of halogens is 1. The largest absolute Gasteiger partial charge is 0.310 e. The molecule has 0 saturated carbocycles. The summed E-state index contributed by atoms with van der Waals surface area (Å²) in [6.07, 6.45) is 3.18. The molecule has 1 aromatic carbocycles. The summed E-state index contributed by atoms with van der Waals surface area (Å²) < 4.78 is 0.382. The molecule has 102 valence electrons. The quantitative estimate of drug-likeness (QED) is 0.638. The number of benzene rings is 1. The number of nitro benzene ring substituents is 1. The van der Waals surface area contributed by atoms with E-state index in [9.17, 15) is 14.9 Å². The molecule has 0 aliphatic heterocycles. The number of carbonyl (C=O) groups is 1. The number of hydrogen-bond acceptors (Lipinski definition) is 4. The highest BCUT2D eigenvalue weighted by molar-refractivity contribution is 9.10. The molecular formula is C13H10BrN3O3. The number of hydrogen-bond donors (Lipinski definition) is 0. The van der Waals surface area contributed by atoms with Crippen LogP contribution in [0.5, 0.6) is 0 Å². The van der Waals surface area contributed by atoms with Crippen LogP contribution in [0.3, 0.4) is 0 Å². The minimum absolute atomic E-state index is 0.0718. The van der Waals surface area contributed by atoms with E-state index in [4.69, 9.17) is 0 Å². The van der Waals surface area contributed by atoms with Crippen LogP contribution in [0.2, 0.25) is 0 Å². The van der Waals surface area contributed by atoms with Crippen LogP contribution >= 0.6 is 15.9 Å². The van der Waals surface area contributed by atoms with Gasteiger partial charge in [0.1, 0.15) is 0 Å². The third kappa shape index (κ3) is 2.83. The molecule has 0 saturated heterocycles. The maximum Gasteiger partial charge on any atom is 0.270 e. The Kier molecular flexibility index (Phi) is 4.09. The Morgan fingerprint density at radius 1 is 1.40 bits per heavy atom. The van der Waals surface area contributed by atoms with Crippen molar-refractivity contribution in [3.05, 3.63) is 62.9 Å². The average molecular weight is 336 g/mol. The van der Waals surface area contributed by atoms with Gasteiger partial charge in [-0.1, -0.05) is 0 Å². The Morgan fingerprint density at radius 2 is 2.15 bits per heavy atom. The predicted molar refractivity (Wildman–Crippen MR) is 77.8 cm³/mol. The van der Waals surface area contributed by atoms with E-state index >= 15 is 0 Å². The van der Waals surface area contributed by atoms with Crippen LogP contribution in [0, 0.1) is 10.1 Å². The lowest BCUT2D eigenvalue weighted by Gasteiger charge is -2.17. The summed E-state index contributed by atoms with van der Waals surface area (Å²) in [5, 5.41) is 10.7. The first-order chi connectivity index (χ1) is 9.50. The Balaban J connectivity index is 2.32. The molecule has 0 radical (unpaired) electrons. The first kappa shape index (κ1) is 14.1. The molecule has 2 aromatic rings. The van der Waals surface area contributed by atoms with Gasteiger partial charge in [0, 0.05) is 29.8 Å². The molecule has 0 spiro atoms. The van der Waals surface area contributed by atoms with Crippen LogP contribution in [0.4, 0.5) is 11.4 Å². The number of non-ortho nitro benzene ring substituents is 1. The van der Waals surface area contributed by atoms with Crippen molar-refractivity contribution < 1.29 is 9.72 Å². The van der Waals surface area contributed by atoms with Crippen LogP contribution in [0.25, 0.3) is 0 Å². The van der Waals surface area contributed by atoms with E-state index in [1.807, 2.05) is 0 Å². The van der Waals surface area contributed by atoms with Crippen molar-refractivity contribution in [2.45, 2.75) is 0 Å². The fourth-order valence-electron chi connectivity index (χ4n) is 1.64. The van der Waals surface area contributed by atoms with Gasteiger partial charge in [-0.15, -0.1) is 0 Å². The Bertz CT molecular complexity index is 661. The number of nitro groups is 1. The molecule has 0 aliphatic rings. The monoisotopic (exact) mass is 335 g/mol. The summed E-state index contributed by atoms with van der Waals surface area (Å²) in [6.45, 7) is 0. The zero-order valence-electron chi connectivity index (χ0n) is 10.5. The van der Waals surface area contributed by atoms with E-state index < -0.39 is 4.92 Å². The smallest absolute Gasteiger partial charge is 0.270 e. The molecule has 0 atom stereocenters. The Labute approximate surface area is 123 Å². The standard InChI is InChI=1S/C13H10BrN3O3/c1-16(10-3-2-6-15-8-10)13(18)11-5-4-9(17(19)20)7-12(11)14/h2-8H,1H3. The molecular weight excluding hydrogens is 326 g/mol. The highest BCUT2D eigenvalue weighted by Crippen LogP contribution is 2.25. The lowest BCUT2D eigenvalue weighted by Crippen LogP contribution is -2.26. The van der Waals surface area contributed by atoms with Crippen LogP contribution in [-0.4, -0.2) is 22.9 Å². The van der Waals surface area contributed by atoms with Gasteiger partial charge in [0.25, 0.3) is 11.6 Å². The van der Waals surface area contributed by atoms with Crippen molar-refractivity contribution in [2.24, 2.45) is 0 Å². The number of nitrogens with zero attached hydrogens (tertiary/aromatic N) is 3. The van der Waals surface area contributed by atoms with Crippen molar-refractivity contribution in [3.63, 3.8) is 0 Å². The molecule has 7 heteroatoms. The van der Waals surface area contributed by atoms with Crippen molar-refractivity contribution >= 4 is 33.2 Å². The molecule has 1 aromatic heterocycles. The van der Waals surface area contributed by atoms with Crippen LogP contribution in [0.1, 0.15) is 10.4 Å². The summed E-state index contributed by atoms with van der Waals surface area (Å²) in [5.41, 5.74) is 0.919. The van der Waals surface area contributed by atoms with E-state index in [1.54, 1.807) is 31.6 Å². The summed E-state index contributed by atoms with van der Waals surface area (Å²) in [4.78, 5) is 27.9. The van der Waals surface area contributed by atoms with E-state index in [2.05, 4.69) is 20.9 Å². The minimum Gasteiger partial charge on any atom is -0.310 e. The SMILES string of the molecule is CN(C(=O)c1ccc([N+](=O)[O-])cc1Br)c1cccnc1. The van der Waals surface area contributed by atoms with Crippen molar-refractivity contribution in [3.8, 4) is 0 Å². The molecule has 1 heterocycles. The summed E-state index contributed by atoms with van der Waals surface area (Å²) in [7, 11) is 1.62. The zero-order valence-corrected chi connectivity index (χ0v) is 12.1. The molecule has 0 aliphatic carbocycles. The zero-order chi connectivity index (χ0) is 14.7. The second-order valence-corrected chi connectivity index (χ2v) is 4.85. The van der Waals surface area contributed by atoms with Gasteiger partial charge in [-0.05, 0) is 34.1 Å². The molecule has 6 nitrogen and oxygen atoms in total. The number of pyridine rings is 1. The van der Waals surface area contributed by atoms with E-state index in [0.717, 1.165) is 0 Å². The van der Waals surface area contributed by atoms with Crippen molar-refractivity contribution in [2.75, 3.05) is 11.9 Å². The number of aromatic nitrogens is 1. The highest BCUT2D eigenvalue weighted by atomic mass is 79.9. The maximum absolute atomic E-state index is 12.3. The van der Waals surface area contributed by atoms with E-state index in [0.29, 0.717) is 15.7 Å². The molecule has 0 unspecified atom stereocenters. The van der Waals surface area contributed by atoms with E-state index in [-0.39, 0.29) is 11.6 Å². The number of rotatable bonds is 3. The normalized spacial score (nSPS) is 10.1. The molecule has 0 bridgehead atoms. The lowest BCUT2D eigenvalue weighted by atomic mass is 10.2. The van der Waals surface area contributed by atoms with Crippen molar-refractivity contribution in [1.82, 2.24) is 4.98 Å².